The molecule has 0 radical (unpaired) electrons. The van der Waals surface area contributed by atoms with Crippen LogP contribution in [0.25, 0.3) is 29.9 Å². The Hall–Kier alpha value is -3.90. The second kappa shape index (κ2) is 14.7. The van der Waals surface area contributed by atoms with E-state index >= 15 is 0 Å². The van der Waals surface area contributed by atoms with Crippen molar-refractivity contribution in [2.24, 2.45) is 29.6 Å². The van der Waals surface area contributed by atoms with Crippen molar-refractivity contribution in [3.05, 3.63) is 153 Å². The van der Waals surface area contributed by atoms with Crippen LogP contribution in [0.1, 0.15) is 54.7 Å². The zero-order valence-electron chi connectivity index (χ0n) is 31.4. The van der Waals surface area contributed by atoms with Gasteiger partial charge in [-0.1, -0.05) is 91.1 Å². The van der Waals surface area contributed by atoms with Crippen molar-refractivity contribution < 1.29 is 0 Å². The Labute approximate surface area is 328 Å². The smallest absolute Gasteiger partial charge is 0.0636 e. The highest BCUT2D eigenvalue weighted by Gasteiger charge is 2.35. The molecule has 3 heterocycles. The molecule has 5 unspecified atom stereocenters. The van der Waals surface area contributed by atoms with Gasteiger partial charge in [0.15, 0.2) is 0 Å². The molecule has 5 atom stereocenters. The summed E-state index contributed by atoms with van der Waals surface area (Å²) < 4.78 is 5.87. The highest BCUT2D eigenvalue weighted by molar-refractivity contribution is 7.39. The van der Waals surface area contributed by atoms with Crippen molar-refractivity contribution in [1.82, 2.24) is 9.80 Å². The van der Waals surface area contributed by atoms with Gasteiger partial charge in [-0.25, -0.2) is 0 Å². The molecule has 0 saturated carbocycles. The molecule has 270 valence electrons. The third kappa shape index (κ3) is 6.64. The van der Waals surface area contributed by atoms with Crippen LogP contribution in [-0.4, -0.2) is 38.0 Å². The van der Waals surface area contributed by atoms with Crippen LogP contribution in [0.15, 0.2) is 144 Å². The van der Waals surface area contributed by atoms with Crippen molar-refractivity contribution in [3.8, 4) is 0 Å². The quantitative estimate of drug-likeness (QED) is 0.226. The monoisotopic (exact) mass is 750 g/mol. The molecule has 0 fully saturated rings. The normalized spacial score (nSPS) is 26.9. The summed E-state index contributed by atoms with van der Waals surface area (Å²) in [4.78, 5) is 7.65. The highest BCUT2D eigenvalue weighted by Crippen LogP contribution is 2.54. The molecule has 3 aromatic heterocycles. The summed E-state index contributed by atoms with van der Waals surface area (Å²) >= 11 is 6.14. The van der Waals surface area contributed by atoms with Crippen LogP contribution in [0.2, 0.25) is 0 Å². The SMILES string of the molecule is CN(C)C1=CC(C2C=CC=CC2)=C(c2cc3sc4cc(C5=C(C6C=CC=CC6)C=C(N(C)C)CC5C5C=CC=CC5)sc4c3s2)C(C2=CCCC=C2)C1. The minimum atomic E-state index is 0.369. The maximum atomic E-state index is 2.57. The van der Waals surface area contributed by atoms with Gasteiger partial charge in [0.25, 0.3) is 0 Å². The van der Waals surface area contributed by atoms with E-state index in [-0.39, 0.29) is 0 Å². The number of thiophene rings is 3. The first-order valence-corrected chi connectivity index (χ1v) is 21.9. The third-order valence-corrected chi connectivity index (χ3v) is 15.9. The number of nitrogens with zero attached hydrogens (tertiary/aromatic N) is 2. The minimum Gasteiger partial charge on any atom is -0.381 e. The molecule has 3 aromatic rings. The van der Waals surface area contributed by atoms with Crippen molar-refractivity contribution >= 4 is 64.0 Å². The topological polar surface area (TPSA) is 6.48 Å². The fourth-order valence-electron chi connectivity index (χ4n) is 9.23. The molecular formula is C48H50N2S3. The first-order chi connectivity index (χ1) is 25.9. The fourth-order valence-corrected chi connectivity index (χ4v) is 13.5. The van der Waals surface area contributed by atoms with Crippen molar-refractivity contribution in [2.75, 3.05) is 28.2 Å². The second-order valence-corrected chi connectivity index (χ2v) is 19.0. The van der Waals surface area contributed by atoms with Gasteiger partial charge in [-0.15, -0.1) is 34.0 Å². The van der Waals surface area contributed by atoms with E-state index in [0.717, 1.165) is 44.9 Å². The Morgan fingerprint density at radius 3 is 1.72 bits per heavy atom. The molecule has 5 heteroatoms. The summed E-state index contributed by atoms with van der Waals surface area (Å²) in [6, 6.07) is 5.12. The average molecular weight is 751 g/mol. The lowest BCUT2D eigenvalue weighted by atomic mass is 9.71. The first-order valence-electron chi connectivity index (χ1n) is 19.5. The van der Waals surface area contributed by atoms with Gasteiger partial charge in [-0.2, -0.15) is 0 Å². The number of allylic oxidation sites excluding steroid dienone is 24. The van der Waals surface area contributed by atoms with Crippen LogP contribution >= 0.6 is 34.0 Å². The lowest BCUT2D eigenvalue weighted by Crippen LogP contribution is -2.26. The van der Waals surface area contributed by atoms with Gasteiger partial charge in [0.05, 0.1) is 9.40 Å². The van der Waals surface area contributed by atoms with E-state index in [1.54, 1.807) is 11.1 Å². The zero-order valence-corrected chi connectivity index (χ0v) is 33.9. The largest absolute Gasteiger partial charge is 0.381 e. The Morgan fingerprint density at radius 1 is 0.585 bits per heavy atom. The van der Waals surface area contributed by atoms with Crippen LogP contribution in [0, 0.1) is 29.6 Å². The third-order valence-electron chi connectivity index (χ3n) is 12.0. The van der Waals surface area contributed by atoms with Crippen LogP contribution in [0.4, 0.5) is 0 Å². The van der Waals surface area contributed by atoms with Gasteiger partial charge in [0, 0.05) is 76.5 Å². The molecule has 53 heavy (non-hydrogen) atoms. The van der Waals surface area contributed by atoms with Crippen molar-refractivity contribution in [2.45, 2.75) is 44.9 Å². The zero-order chi connectivity index (χ0) is 36.1. The molecule has 0 aromatic carbocycles. The predicted octanol–water partition coefficient (Wildman–Crippen LogP) is 13.3. The Morgan fingerprint density at radius 2 is 1.17 bits per heavy atom. The Bertz CT molecular complexity index is 2310. The number of hydrogen-bond acceptors (Lipinski definition) is 5. The van der Waals surface area contributed by atoms with Crippen molar-refractivity contribution in [3.63, 3.8) is 0 Å². The lowest BCUT2D eigenvalue weighted by molar-refractivity contribution is 0.405. The minimum absolute atomic E-state index is 0.369. The first kappa shape index (κ1) is 34.8. The van der Waals surface area contributed by atoms with Gasteiger partial charge in [0.2, 0.25) is 0 Å². The molecule has 0 aliphatic heterocycles. The van der Waals surface area contributed by atoms with E-state index in [2.05, 4.69) is 176 Å². The summed E-state index contributed by atoms with van der Waals surface area (Å²) in [7, 11) is 8.89. The second-order valence-electron chi connectivity index (χ2n) is 15.8. The number of rotatable bonds is 8. The summed E-state index contributed by atoms with van der Waals surface area (Å²) in [5, 5.41) is 0. The molecule has 6 aliphatic carbocycles. The van der Waals surface area contributed by atoms with Crippen molar-refractivity contribution in [1.29, 1.82) is 0 Å². The van der Waals surface area contributed by atoms with E-state index in [0.29, 0.717) is 29.6 Å². The number of hydrogen-bond donors (Lipinski definition) is 0. The molecule has 9 rings (SSSR count). The van der Waals surface area contributed by atoms with E-state index in [1.807, 2.05) is 11.3 Å². The summed E-state index contributed by atoms with van der Waals surface area (Å²) in [5.74, 6) is 2.14. The van der Waals surface area contributed by atoms with Gasteiger partial charge >= 0.3 is 0 Å². The molecule has 0 saturated heterocycles. The van der Waals surface area contributed by atoms with Gasteiger partial charge in [-0.05, 0) is 109 Å². The molecule has 0 N–H and O–H groups in total. The maximum Gasteiger partial charge on any atom is 0.0636 e. The van der Waals surface area contributed by atoms with Gasteiger partial charge in [-0.3, -0.25) is 0 Å². The van der Waals surface area contributed by atoms with Gasteiger partial charge in [0.1, 0.15) is 0 Å². The van der Waals surface area contributed by atoms with Crippen LogP contribution < -0.4 is 0 Å². The molecule has 6 aliphatic rings. The lowest BCUT2D eigenvalue weighted by Gasteiger charge is -2.37. The Kier molecular flexibility index (Phi) is 9.69. The fraction of sp³-hybridized carbons (Fsp3) is 0.333. The maximum absolute atomic E-state index is 2.57. The van der Waals surface area contributed by atoms with E-state index in [4.69, 9.17) is 0 Å². The molecular weight excluding hydrogens is 701 g/mol. The summed E-state index contributed by atoms with van der Waals surface area (Å²) in [6.45, 7) is 0. The molecule has 0 bridgehead atoms. The number of fused-ring (bicyclic) bond motifs is 3. The molecule has 2 nitrogen and oxygen atoms in total. The molecule has 0 amide bonds. The standard InChI is InChI=1S/C48H50N2S3/c1-49(2)35-25-37(31-17-9-5-10-18-31)45(38(26-35)32-19-11-6-12-20-32)41-29-43-47(52-41)48-44(51-43)30-42(53-48)46-39(33-21-13-7-14-22-33)27-36(50(3)4)28-40(46)34-23-15-8-16-24-34/h5-7,9-15,17,19,21,23-25,27,29-33,38,40H,8,16,18,20,22,26,28H2,1-4H3. The highest BCUT2D eigenvalue weighted by atomic mass is 32.1. The summed E-state index contributed by atoms with van der Waals surface area (Å²) in [5.41, 5.74) is 10.6. The van der Waals surface area contributed by atoms with Crippen LogP contribution in [-0.2, 0) is 0 Å². The predicted molar refractivity (Wildman–Crippen MR) is 234 cm³/mol. The van der Waals surface area contributed by atoms with E-state index < -0.39 is 0 Å². The molecule has 0 spiro atoms. The average Bonchev–Trinajstić information content (AvgIpc) is 3.89. The Balaban J connectivity index is 1.20. The van der Waals surface area contributed by atoms with Crippen LogP contribution in [0.5, 0.6) is 0 Å². The van der Waals surface area contributed by atoms with Crippen LogP contribution in [0.3, 0.4) is 0 Å². The van der Waals surface area contributed by atoms with Gasteiger partial charge < -0.3 is 9.80 Å². The van der Waals surface area contributed by atoms with E-state index in [1.165, 1.54) is 56.7 Å². The van der Waals surface area contributed by atoms with E-state index in [9.17, 15) is 0 Å². The summed E-state index contributed by atoms with van der Waals surface area (Å²) in [6.07, 6.45) is 48.0.